The first-order chi connectivity index (χ1) is 20.0. The number of allylic oxidation sites excluding steroid dienone is 1. The molecule has 0 spiro atoms. The predicted octanol–water partition coefficient (Wildman–Crippen LogP) is 6.87. The van der Waals surface area contributed by atoms with Crippen LogP contribution in [0.25, 0.3) is 16.7 Å². The average Bonchev–Trinajstić information content (AvgIpc) is 3.45. The Morgan fingerprint density at radius 1 is 1.07 bits per heavy atom. The number of carboxylic acids is 1. The molecule has 2 aromatic carbocycles. The number of aromatic nitrogens is 3. The Labute approximate surface area is 250 Å². The van der Waals surface area contributed by atoms with Crippen molar-refractivity contribution in [3.63, 3.8) is 0 Å². The Balaban J connectivity index is 1.45. The molecule has 1 aliphatic rings. The molecule has 9 heteroatoms. The van der Waals surface area contributed by atoms with Crippen LogP contribution in [0.5, 0.6) is 5.75 Å². The molecule has 1 aliphatic carbocycles. The van der Waals surface area contributed by atoms with Crippen molar-refractivity contribution in [3.8, 4) is 16.9 Å². The minimum Gasteiger partial charge on any atom is -0.494 e. The molecule has 0 radical (unpaired) electrons. The first-order valence-electron chi connectivity index (χ1n) is 13.8. The van der Waals surface area contributed by atoms with Crippen LogP contribution in [0.2, 0.25) is 5.02 Å². The first-order valence-corrected chi connectivity index (χ1v) is 14.2. The molecular formula is C33H33ClN4O4. The van der Waals surface area contributed by atoms with E-state index in [1.807, 2.05) is 57.6 Å². The lowest BCUT2D eigenvalue weighted by Gasteiger charge is -2.13. The SMILES string of the molecule is Cc1cc(OCCCC2=C(C(=O)Nc3cncc(C(=O)O)c3)Cc3c2cccc3-c2c(C)nn(C)c2C)cc(C)c1Cl. The van der Waals surface area contributed by atoms with Gasteiger partial charge in [-0.3, -0.25) is 14.5 Å². The van der Waals surface area contributed by atoms with Gasteiger partial charge in [0, 0.05) is 41.5 Å². The molecule has 42 heavy (non-hydrogen) atoms. The number of ether oxygens (including phenoxy) is 1. The summed E-state index contributed by atoms with van der Waals surface area (Å²) in [5.74, 6) is -0.616. The second-order valence-electron chi connectivity index (χ2n) is 10.7. The van der Waals surface area contributed by atoms with Gasteiger partial charge in [-0.15, -0.1) is 0 Å². The highest BCUT2D eigenvalue weighted by atomic mass is 35.5. The zero-order valence-corrected chi connectivity index (χ0v) is 25.1. The van der Waals surface area contributed by atoms with Crippen molar-refractivity contribution in [2.75, 3.05) is 11.9 Å². The molecule has 0 atom stereocenters. The van der Waals surface area contributed by atoms with Gasteiger partial charge in [-0.25, -0.2) is 4.79 Å². The third-order valence-corrected chi connectivity index (χ3v) is 8.36. The number of anilines is 1. The largest absolute Gasteiger partial charge is 0.494 e. The molecule has 0 unspecified atom stereocenters. The lowest BCUT2D eigenvalue weighted by molar-refractivity contribution is -0.112. The van der Waals surface area contributed by atoms with Gasteiger partial charge < -0.3 is 15.2 Å². The second kappa shape index (κ2) is 11.8. The number of hydrogen-bond acceptors (Lipinski definition) is 5. The maximum Gasteiger partial charge on any atom is 0.337 e. The number of hydrogen-bond donors (Lipinski definition) is 2. The van der Waals surface area contributed by atoms with Crippen molar-refractivity contribution in [1.29, 1.82) is 0 Å². The Morgan fingerprint density at radius 2 is 1.79 bits per heavy atom. The summed E-state index contributed by atoms with van der Waals surface area (Å²) in [7, 11) is 1.93. The zero-order valence-electron chi connectivity index (χ0n) is 24.3. The van der Waals surface area contributed by atoms with E-state index in [9.17, 15) is 14.7 Å². The summed E-state index contributed by atoms with van der Waals surface area (Å²) in [5.41, 5.74) is 10.1. The summed E-state index contributed by atoms with van der Waals surface area (Å²) in [4.78, 5) is 29.1. The van der Waals surface area contributed by atoms with E-state index in [1.54, 1.807) is 0 Å². The standard InChI is InChI=1S/C33H33ClN4O4/c1-18-12-24(13-19(2)31(18)34)42-11-7-10-26-25-8-6-9-27(30-20(3)37-38(5)21(30)4)28(25)15-29(26)32(39)36-23-14-22(33(40)41)16-35-17-23/h6,8-9,12-14,16-17H,7,10-11,15H2,1-5H3,(H,36,39)(H,40,41). The third kappa shape index (κ3) is 5.67. The molecule has 0 fully saturated rings. The number of carbonyl (C=O) groups excluding carboxylic acids is 1. The van der Waals surface area contributed by atoms with Crippen molar-refractivity contribution in [2.45, 2.75) is 47.0 Å². The van der Waals surface area contributed by atoms with Crippen LogP contribution in [0.1, 0.15) is 56.8 Å². The Morgan fingerprint density at radius 3 is 2.45 bits per heavy atom. The fraction of sp³-hybridized carbons (Fsp3) is 0.273. The molecule has 8 nitrogen and oxygen atoms in total. The average molecular weight is 585 g/mol. The zero-order chi connectivity index (χ0) is 30.1. The topological polar surface area (TPSA) is 106 Å². The molecular weight excluding hydrogens is 552 g/mol. The number of carbonyl (C=O) groups is 2. The van der Waals surface area contributed by atoms with Crippen LogP contribution < -0.4 is 10.1 Å². The molecule has 2 aromatic heterocycles. The van der Waals surface area contributed by atoms with Crippen LogP contribution in [-0.2, 0) is 18.3 Å². The maximum absolute atomic E-state index is 13.7. The molecule has 4 aromatic rings. The number of benzene rings is 2. The summed E-state index contributed by atoms with van der Waals surface area (Å²) in [6.45, 7) is 8.43. The van der Waals surface area contributed by atoms with E-state index in [0.717, 1.165) is 61.1 Å². The second-order valence-corrected chi connectivity index (χ2v) is 11.1. The van der Waals surface area contributed by atoms with Crippen LogP contribution in [0.15, 0.2) is 54.4 Å². The van der Waals surface area contributed by atoms with E-state index in [1.165, 1.54) is 18.5 Å². The molecule has 5 rings (SSSR count). The fourth-order valence-electron chi connectivity index (χ4n) is 5.67. The van der Waals surface area contributed by atoms with E-state index in [-0.39, 0.29) is 11.5 Å². The van der Waals surface area contributed by atoms with Gasteiger partial charge in [0.2, 0.25) is 0 Å². The van der Waals surface area contributed by atoms with Crippen LogP contribution in [0.3, 0.4) is 0 Å². The number of aromatic carboxylic acids is 1. The quantitative estimate of drug-likeness (QED) is 0.208. The fourth-order valence-corrected chi connectivity index (χ4v) is 5.78. The molecule has 0 aliphatic heterocycles. The first kappa shape index (κ1) is 29.1. The minimum atomic E-state index is -1.11. The molecule has 1 amide bonds. The molecule has 2 N–H and O–H groups in total. The van der Waals surface area contributed by atoms with Crippen molar-refractivity contribution in [1.82, 2.24) is 14.8 Å². The summed E-state index contributed by atoms with van der Waals surface area (Å²) in [6.07, 6.45) is 4.47. The summed E-state index contributed by atoms with van der Waals surface area (Å²) in [6, 6.07) is 11.5. The Hall–Kier alpha value is -4.43. The van der Waals surface area contributed by atoms with Gasteiger partial charge >= 0.3 is 5.97 Å². The molecule has 2 heterocycles. The van der Waals surface area contributed by atoms with Crippen LogP contribution in [0, 0.1) is 27.7 Å². The summed E-state index contributed by atoms with van der Waals surface area (Å²) < 4.78 is 7.94. The lowest BCUT2D eigenvalue weighted by Crippen LogP contribution is -2.16. The Bertz CT molecular complexity index is 1730. The maximum atomic E-state index is 13.7. The van der Waals surface area contributed by atoms with Gasteiger partial charge in [-0.05, 0) is 92.1 Å². The highest BCUT2D eigenvalue weighted by molar-refractivity contribution is 6.32. The van der Waals surface area contributed by atoms with Crippen molar-refractivity contribution in [2.24, 2.45) is 7.05 Å². The van der Waals surface area contributed by atoms with Crippen molar-refractivity contribution < 1.29 is 19.4 Å². The van der Waals surface area contributed by atoms with Gasteiger partial charge in [-0.2, -0.15) is 5.10 Å². The van der Waals surface area contributed by atoms with Crippen LogP contribution in [0.4, 0.5) is 5.69 Å². The van der Waals surface area contributed by atoms with Gasteiger partial charge in [0.25, 0.3) is 5.91 Å². The molecule has 216 valence electrons. The number of pyridine rings is 1. The van der Waals surface area contributed by atoms with E-state index < -0.39 is 5.97 Å². The number of nitrogens with one attached hydrogen (secondary N) is 1. The summed E-state index contributed by atoms with van der Waals surface area (Å²) in [5, 5.41) is 17.6. The van der Waals surface area contributed by atoms with Gasteiger partial charge in [0.1, 0.15) is 5.75 Å². The van der Waals surface area contributed by atoms with Crippen molar-refractivity contribution in [3.05, 3.63) is 98.6 Å². The van der Waals surface area contributed by atoms with Gasteiger partial charge in [0.05, 0.1) is 29.7 Å². The van der Waals surface area contributed by atoms with E-state index in [0.29, 0.717) is 37.1 Å². The van der Waals surface area contributed by atoms with E-state index in [2.05, 4.69) is 27.5 Å². The van der Waals surface area contributed by atoms with E-state index in [4.69, 9.17) is 16.3 Å². The van der Waals surface area contributed by atoms with Crippen LogP contribution in [-0.4, -0.2) is 38.4 Å². The monoisotopic (exact) mass is 584 g/mol. The number of rotatable bonds is 9. The van der Waals surface area contributed by atoms with Gasteiger partial charge in [-0.1, -0.05) is 29.8 Å². The van der Waals surface area contributed by atoms with Crippen LogP contribution >= 0.6 is 11.6 Å². The molecule has 0 saturated carbocycles. The molecule has 0 saturated heterocycles. The minimum absolute atomic E-state index is 0.00588. The number of halogens is 1. The lowest BCUT2D eigenvalue weighted by atomic mass is 9.93. The Kier molecular flexibility index (Phi) is 8.18. The van der Waals surface area contributed by atoms with Crippen molar-refractivity contribution >= 4 is 34.7 Å². The number of fused-ring (bicyclic) bond motifs is 1. The number of nitrogens with zero attached hydrogens (tertiary/aromatic N) is 3. The smallest absolute Gasteiger partial charge is 0.337 e. The predicted molar refractivity (Wildman–Crippen MR) is 164 cm³/mol. The number of aryl methyl sites for hydroxylation is 4. The number of carboxylic acid groups (broad SMARTS) is 1. The highest BCUT2D eigenvalue weighted by Gasteiger charge is 2.29. The normalized spacial score (nSPS) is 12.4. The van der Waals surface area contributed by atoms with Gasteiger partial charge in [0.15, 0.2) is 0 Å². The summed E-state index contributed by atoms with van der Waals surface area (Å²) >= 11 is 6.31. The highest BCUT2D eigenvalue weighted by Crippen LogP contribution is 2.42. The third-order valence-electron chi connectivity index (χ3n) is 7.76. The van der Waals surface area contributed by atoms with E-state index >= 15 is 0 Å². The molecule has 0 bridgehead atoms. The number of amides is 1.